The number of nitrogens with zero attached hydrogens (tertiary/aromatic N) is 2. The first-order valence-corrected chi connectivity index (χ1v) is 6.15. The number of carbonyl (C=O) groups excluding carboxylic acids is 1. The van der Waals surface area contributed by atoms with Crippen LogP contribution < -0.4 is 16.6 Å². The van der Waals surface area contributed by atoms with Crippen LogP contribution in [0.15, 0.2) is 35.3 Å². The molecule has 2 aromatic rings. The van der Waals surface area contributed by atoms with Gasteiger partial charge < -0.3 is 15.6 Å². The molecule has 0 aliphatic rings. The van der Waals surface area contributed by atoms with Crippen LogP contribution in [0.2, 0.25) is 0 Å². The third kappa shape index (κ3) is 3.44. The third-order valence-corrected chi connectivity index (χ3v) is 2.69. The Hall–Kier alpha value is -2.63. The Morgan fingerprint density at radius 3 is 2.80 bits per heavy atom. The molecule has 104 valence electrons. The Morgan fingerprint density at radius 1 is 1.35 bits per heavy atom. The highest BCUT2D eigenvalue weighted by Gasteiger charge is 2.07. The number of amides is 1. The Morgan fingerprint density at radius 2 is 2.10 bits per heavy atom. The number of hydrogen-bond donors (Lipinski definition) is 2. The first-order valence-electron chi connectivity index (χ1n) is 6.15. The van der Waals surface area contributed by atoms with E-state index in [4.69, 9.17) is 5.73 Å². The smallest absolute Gasteiger partial charge is 0.251 e. The SMILES string of the molecule is Cc1cc(C)nc(NC(=O)Cn2cc(N)ccc2=O)c1. The predicted octanol–water partition coefficient (Wildman–Crippen LogP) is 1.08. The number of rotatable bonds is 3. The van der Waals surface area contributed by atoms with E-state index in [-0.39, 0.29) is 18.0 Å². The Kier molecular flexibility index (Phi) is 3.84. The molecule has 0 atom stereocenters. The minimum absolute atomic E-state index is 0.0987. The Bertz CT molecular complexity index is 686. The maximum absolute atomic E-state index is 11.9. The molecule has 20 heavy (non-hydrogen) atoms. The summed E-state index contributed by atoms with van der Waals surface area (Å²) in [5.74, 6) is 0.152. The van der Waals surface area contributed by atoms with Gasteiger partial charge in [-0.1, -0.05) is 0 Å². The van der Waals surface area contributed by atoms with Crippen LogP contribution in [0.1, 0.15) is 11.3 Å². The summed E-state index contributed by atoms with van der Waals surface area (Å²) in [6, 6.07) is 6.52. The van der Waals surface area contributed by atoms with E-state index in [0.717, 1.165) is 11.3 Å². The number of pyridine rings is 2. The van der Waals surface area contributed by atoms with Crippen molar-refractivity contribution in [2.24, 2.45) is 0 Å². The number of aryl methyl sites for hydroxylation is 2. The summed E-state index contributed by atoms with van der Waals surface area (Å²) >= 11 is 0. The molecule has 0 bridgehead atoms. The highest BCUT2D eigenvalue weighted by atomic mass is 16.2. The second kappa shape index (κ2) is 5.56. The van der Waals surface area contributed by atoms with Crippen molar-refractivity contribution in [3.63, 3.8) is 0 Å². The molecule has 2 heterocycles. The van der Waals surface area contributed by atoms with E-state index >= 15 is 0 Å². The van der Waals surface area contributed by atoms with Gasteiger partial charge in [-0.15, -0.1) is 0 Å². The molecule has 0 unspecified atom stereocenters. The maximum Gasteiger partial charge on any atom is 0.251 e. The molecule has 0 saturated heterocycles. The monoisotopic (exact) mass is 272 g/mol. The zero-order valence-electron chi connectivity index (χ0n) is 11.4. The molecular formula is C14H16N4O2. The topological polar surface area (TPSA) is 90.0 Å². The minimum Gasteiger partial charge on any atom is -0.398 e. The van der Waals surface area contributed by atoms with Crippen molar-refractivity contribution < 1.29 is 4.79 Å². The van der Waals surface area contributed by atoms with Crippen molar-refractivity contribution in [2.45, 2.75) is 20.4 Å². The lowest BCUT2D eigenvalue weighted by molar-refractivity contribution is -0.116. The van der Waals surface area contributed by atoms with Crippen LogP contribution in [0.5, 0.6) is 0 Å². The van der Waals surface area contributed by atoms with Gasteiger partial charge in [0, 0.05) is 23.6 Å². The lowest BCUT2D eigenvalue weighted by Gasteiger charge is -2.08. The van der Waals surface area contributed by atoms with E-state index in [1.54, 1.807) is 6.07 Å². The summed E-state index contributed by atoms with van der Waals surface area (Å²) in [4.78, 5) is 27.7. The first kappa shape index (κ1) is 13.8. The summed E-state index contributed by atoms with van der Waals surface area (Å²) in [6.07, 6.45) is 1.44. The number of aromatic nitrogens is 2. The maximum atomic E-state index is 11.9. The van der Waals surface area contributed by atoms with Gasteiger partial charge in [0.05, 0.1) is 0 Å². The Balaban J connectivity index is 2.13. The molecule has 6 heteroatoms. The van der Waals surface area contributed by atoms with Crippen LogP contribution in [0.25, 0.3) is 0 Å². The van der Waals surface area contributed by atoms with Gasteiger partial charge in [0.2, 0.25) is 5.91 Å². The van der Waals surface area contributed by atoms with Gasteiger partial charge in [-0.25, -0.2) is 4.98 Å². The van der Waals surface area contributed by atoms with Crippen molar-refractivity contribution in [1.82, 2.24) is 9.55 Å². The molecule has 2 aromatic heterocycles. The first-order chi connectivity index (χ1) is 9.44. The minimum atomic E-state index is -0.324. The van der Waals surface area contributed by atoms with E-state index in [1.165, 1.54) is 22.9 Å². The zero-order valence-corrected chi connectivity index (χ0v) is 11.4. The van der Waals surface area contributed by atoms with Crippen molar-refractivity contribution in [1.29, 1.82) is 0 Å². The molecule has 0 spiro atoms. The van der Waals surface area contributed by atoms with Crippen molar-refractivity contribution in [2.75, 3.05) is 11.1 Å². The Labute approximate surface area is 116 Å². The second-order valence-corrected chi connectivity index (χ2v) is 4.65. The molecule has 6 nitrogen and oxygen atoms in total. The molecular weight excluding hydrogens is 256 g/mol. The average molecular weight is 272 g/mol. The lowest BCUT2D eigenvalue weighted by Crippen LogP contribution is -2.27. The van der Waals surface area contributed by atoms with Gasteiger partial charge in [0.1, 0.15) is 12.4 Å². The molecule has 0 fully saturated rings. The van der Waals surface area contributed by atoms with E-state index in [1.807, 2.05) is 19.9 Å². The molecule has 0 saturated carbocycles. The highest BCUT2D eigenvalue weighted by molar-refractivity contribution is 5.89. The number of nitrogen functional groups attached to an aromatic ring is 1. The van der Waals surface area contributed by atoms with Gasteiger partial charge in [-0.3, -0.25) is 9.59 Å². The number of anilines is 2. The standard InChI is InChI=1S/C14H16N4O2/c1-9-5-10(2)16-12(6-9)17-13(19)8-18-7-11(15)3-4-14(18)20/h3-7H,8,15H2,1-2H3,(H,16,17,19). The summed E-state index contributed by atoms with van der Waals surface area (Å²) in [7, 11) is 0. The average Bonchev–Trinajstić information content (AvgIpc) is 2.32. The van der Waals surface area contributed by atoms with E-state index in [2.05, 4.69) is 10.3 Å². The van der Waals surface area contributed by atoms with Crippen LogP contribution >= 0.6 is 0 Å². The third-order valence-electron chi connectivity index (χ3n) is 2.69. The molecule has 3 N–H and O–H groups in total. The highest BCUT2D eigenvalue weighted by Crippen LogP contribution is 2.09. The molecule has 0 aromatic carbocycles. The van der Waals surface area contributed by atoms with Crippen LogP contribution in [0.4, 0.5) is 11.5 Å². The van der Waals surface area contributed by atoms with Crippen LogP contribution in [-0.4, -0.2) is 15.5 Å². The van der Waals surface area contributed by atoms with E-state index < -0.39 is 0 Å². The zero-order chi connectivity index (χ0) is 14.7. The normalized spacial score (nSPS) is 10.3. The molecule has 2 rings (SSSR count). The van der Waals surface area contributed by atoms with Gasteiger partial charge in [-0.2, -0.15) is 0 Å². The largest absolute Gasteiger partial charge is 0.398 e. The number of carbonyl (C=O) groups is 1. The van der Waals surface area contributed by atoms with Gasteiger partial charge in [0.15, 0.2) is 0 Å². The molecule has 0 aliphatic heterocycles. The predicted molar refractivity (Wildman–Crippen MR) is 77.5 cm³/mol. The fraction of sp³-hybridized carbons (Fsp3) is 0.214. The van der Waals surface area contributed by atoms with E-state index in [9.17, 15) is 9.59 Å². The van der Waals surface area contributed by atoms with Crippen LogP contribution in [-0.2, 0) is 11.3 Å². The van der Waals surface area contributed by atoms with Gasteiger partial charge in [0.25, 0.3) is 5.56 Å². The fourth-order valence-corrected chi connectivity index (χ4v) is 1.92. The quantitative estimate of drug-likeness (QED) is 0.874. The van der Waals surface area contributed by atoms with Gasteiger partial charge >= 0.3 is 0 Å². The number of hydrogen-bond acceptors (Lipinski definition) is 4. The van der Waals surface area contributed by atoms with Crippen molar-refractivity contribution in [3.8, 4) is 0 Å². The van der Waals surface area contributed by atoms with Crippen molar-refractivity contribution >= 4 is 17.4 Å². The summed E-state index contributed by atoms with van der Waals surface area (Å²) < 4.78 is 1.26. The fourth-order valence-electron chi connectivity index (χ4n) is 1.92. The van der Waals surface area contributed by atoms with Crippen LogP contribution in [0, 0.1) is 13.8 Å². The van der Waals surface area contributed by atoms with Crippen LogP contribution in [0.3, 0.4) is 0 Å². The number of nitrogens with two attached hydrogens (primary N) is 1. The van der Waals surface area contributed by atoms with Crippen molar-refractivity contribution in [3.05, 3.63) is 52.1 Å². The summed E-state index contributed by atoms with van der Waals surface area (Å²) in [5, 5.41) is 2.67. The van der Waals surface area contributed by atoms with Gasteiger partial charge in [-0.05, 0) is 37.6 Å². The molecule has 0 aliphatic carbocycles. The number of nitrogens with one attached hydrogen (secondary N) is 1. The summed E-state index contributed by atoms with van der Waals surface area (Å²) in [6.45, 7) is 3.68. The molecule has 0 radical (unpaired) electrons. The summed E-state index contributed by atoms with van der Waals surface area (Å²) in [5.41, 5.74) is 7.58. The molecule has 1 amide bonds. The van der Waals surface area contributed by atoms with E-state index in [0.29, 0.717) is 11.5 Å². The second-order valence-electron chi connectivity index (χ2n) is 4.65. The lowest BCUT2D eigenvalue weighted by atomic mass is 10.2.